The van der Waals surface area contributed by atoms with Crippen LogP contribution in [0, 0.1) is 22.9 Å². The Bertz CT molecular complexity index is 700. The highest BCUT2D eigenvalue weighted by Crippen LogP contribution is 2.33. The van der Waals surface area contributed by atoms with E-state index in [1.165, 1.54) is 6.26 Å². The lowest BCUT2D eigenvalue weighted by molar-refractivity contribution is -0.385. The normalized spacial score (nSPS) is 10.5. The Morgan fingerprint density at radius 3 is 2.75 bits per heavy atom. The zero-order valence-electron chi connectivity index (χ0n) is 9.99. The summed E-state index contributed by atoms with van der Waals surface area (Å²) in [5, 5.41) is 19.7. The molecule has 1 aromatic carbocycles. The Kier molecular flexibility index (Phi) is 3.70. The summed E-state index contributed by atoms with van der Waals surface area (Å²) in [6.45, 7) is 1.67. The van der Waals surface area contributed by atoms with Gasteiger partial charge in [0.2, 0.25) is 0 Å². The van der Waals surface area contributed by atoms with E-state index in [0.29, 0.717) is 11.8 Å². The maximum atomic E-state index is 13.8. The fraction of sp³-hybridized carbons (Fsp3) is 0.0909. The van der Waals surface area contributed by atoms with Crippen molar-refractivity contribution in [1.29, 1.82) is 0 Å². The standard InChI is InChI=1S/C11H7FN2O5S/c1-5-4-19-11(13-5)20-9-2-6(10(15)16)8(14(17)18)3-7(9)12/h2-4H,1H3,(H,15,16). The van der Waals surface area contributed by atoms with Crippen LogP contribution < -0.4 is 0 Å². The molecule has 2 rings (SSSR count). The molecule has 0 aliphatic rings. The Hall–Kier alpha value is -2.42. The van der Waals surface area contributed by atoms with Crippen molar-refractivity contribution in [3.63, 3.8) is 0 Å². The molecule has 0 saturated heterocycles. The third kappa shape index (κ3) is 2.77. The van der Waals surface area contributed by atoms with Crippen LogP contribution in [-0.2, 0) is 0 Å². The molecule has 0 aliphatic heterocycles. The van der Waals surface area contributed by atoms with Crippen LogP contribution in [-0.4, -0.2) is 21.0 Å². The first-order valence-corrected chi connectivity index (χ1v) is 6.01. The van der Waals surface area contributed by atoms with Crippen molar-refractivity contribution in [2.75, 3.05) is 0 Å². The van der Waals surface area contributed by atoms with E-state index >= 15 is 0 Å². The number of carbonyl (C=O) groups is 1. The molecule has 0 spiro atoms. The highest BCUT2D eigenvalue weighted by atomic mass is 32.2. The first kappa shape index (κ1) is 14.0. The lowest BCUT2D eigenvalue weighted by atomic mass is 10.2. The summed E-state index contributed by atoms with van der Waals surface area (Å²) in [4.78, 5) is 24.5. The van der Waals surface area contributed by atoms with E-state index in [-0.39, 0.29) is 10.1 Å². The van der Waals surface area contributed by atoms with Gasteiger partial charge in [0.05, 0.1) is 21.6 Å². The van der Waals surface area contributed by atoms with Crippen molar-refractivity contribution in [2.45, 2.75) is 17.0 Å². The number of aromatic carboxylic acids is 1. The molecule has 0 fully saturated rings. The maximum Gasteiger partial charge on any atom is 0.342 e. The number of halogens is 1. The summed E-state index contributed by atoms with van der Waals surface area (Å²) in [6, 6.07) is 1.46. The molecule has 7 nitrogen and oxygen atoms in total. The highest BCUT2D eigenvalue weighted by molar-refractivity contribution is 7.99. The molecule has 1 heterocycles. The van der Waals surface area contributed by atoms with Gasteiger partial charge in [-0.05, 0) is 24.8 Å². The molecular formula is C11H7FN2O5S. The second kappa shape index (κ2) is 5.29. The van der Waals surface area contributed by atoms with Crippen molar-refractivity contribution in [3.05, 3.63) is 45.6 Å². The van der Waals surface area contributed by atoms with Gasteiger partial charge in [-0.25, -0.2) is 14.2 Å². The van der Waals surface area contributed by atoms with Crippen LogP contribution in [0.2, 0.25) is 0 Å². The smallest absolute Gasteiger partial charge is 0.342 e. The van der Waals surface area contributed by atoms with Crippen LogP contribution in [0.3, 0.4) is 0 Å². The molecule has 0 bridgehead atoms. The van der Waals surface area contributed by atoms with E-state index in [4.69, 9.17) is 9.52 Å². The number of nitro benzene ring substituents is 1. The molecule has 104 valence electrons. The number of aromatic nitrogens is 1. The predicted octanol–water partition coefficient (Wildman–Crippen LogP) is 2.88. The third-order valence-electron chi connectivity index (χ3n) is 2.27. The molecule has 20 heavy (non-hydrogen) atoms. The van der Waals surface area contributed by atoms with Crippen molar-refractivity contribution in [1.82, 2.24) is 4.98 Å². The van der Waals surface area contributed by atoms with Crippen LogP contribution in [0.15, 0.2) is 32.9 Å². The number of hydrogen-bond donors (Lipinski definition) is 1. The largest absolute Gasteiger partial charge is 0.477 e. The molecule has 0 amide bonds. The number of nitrogens with zero attached hydrogens (tertiary/aromatic N) is 2. The number of nitro groups is 1. The number of oxazole rings is 1. The quantitative estimate of drug-likeness (QED) is 0.683. The minimum absolute atomic E-state index is 0.116. The minimum atomic E-state index is -1.51. The molecular weight excluding hydrogens is 291 g/mol. The lowest BCUT2D eigenvalue weighted by Crippen LogP contribution is -2.04. The number of rotatable bonds is 4. The lowest BCUT2D eigenvalue weighted by Gasteiger charge is -2.03. The minimum Gasteiger partial charge on any atom is -0.477 e. The number of hydrogen-bond acceptors (Lipinski definition) is 6. The van der Waals surface area contributed by atoms with E-state index in [2.05, 4.69) is 4.98 Å². The van der Waals surface area contributed by atoms with Gasteiger partial charge in [-0.15, -0.1) is 0 Å². The first-order chi connectivity index (χ1) is 9.38. The van der Waals surface area contributed by atoms with Gasteiger partial charge in [0.15, 0.2) is 0 Å². The van der Waals surface area contributed by atoms with Crippen molar-refractivity contribution in [3.8, 4) is 0 Å². The van der Waals surface area contributed by atoms with Gasteiger partial charge in [-0.2, -0.15) is 0 Å². The van der Waals surface area contributed by atoms with Crippen LogP contribution in [0.4, 0.5) is 10.1 Å². The summed E-state index contributed by atoms with van der Waals surface area (Å²) >= 11 is 0.748. The molecule has 0 unspecified atom stereocenters. The summed E-state index contributed by atoms with van der Waals surface area (Å²) in [5.74, 6) is -2.43. The van der Waals surface area contributed by atoms with Crippen LogP contribution in [0.5, 0.6) is 0 Å². The molecule has 9 heteroatoms. The van der Waals surface area contributed by atoms with Gasteiger partial charge < -0.3 is 9.52 Å². The number of benzene rings is 1. The molecule has 0 radical (unpaired) electrons. The molecule has 0 atom stereocenters. The van der Waals surface area contributed by atoms with E-state index in [1.807, 2.05) is 0 Å². The van der Waals surface area contributed by atoms with E-state index in [0.717, 1.165) is 17.8 Å². The zero-order chi connectivity index (χ0) is 14.9. The first-order valence-electron chi connectivity index (χ1n) is 5.19. The van der Waals surface area contributed by atoms with Crippen LogP contribution >= 0.6 is 11.8 Å². The Morgan fingerprint density at radius 1 is 1.55 bits per heavy atom. The van der Waals surface area contributed by atoms with Gasteiger partial charge in [-0.1, -0.05) is 0 Å². The molecule has 0 saturated carbocycles. The van der Waals surface area contributed by atoms with Gasteiger partial charge in [0.25, 0.3) is 10.9 Å². The molecule has 0 aliphatic carbocycles. The zero-order valence-corrected chi connectivity index (χ0v) is 10.8. The monoisotopic (exact) mass is 298 g/mol. The van der Waals surface area contributed by atoms with Gasteiger partial charge in [-0.3, -0.25) is 10.1 Å². The Balaban J connectivity index is 2.46. The average molecular weight is 298 g/mol. The van der Waals surface area contributed by atoms with Crippen molar-refractivity contribution in [2.24, 2.45) is 0 Å². The topological polar surface area (TPSA) is 106 Å². The summed E-state index contributed by atoms with van der Waals surface area (Å²) in [7, 11) is 0. The number of aryl methyl sites for hydroxylation is 1. The molecule has 2 aromatic rings. The van der Waals surface area contributed by atoms with Gasteiger partial charge in [0.1, 0.15) is 17.6 Å². The second-order valence-corrected chi connectivity index (χ2v) is 4.71. The summed E-state index contributed by atoms with van der Waals surface area (Å²) in [6.07, 6.45) is 1.35. The van der Waals surface area contributed by atoms with Gasteiger partial charge in [0, 0.05) is 0 Å². The van der Waals surface area contributed by atoms with Crippen LogP contribution in [0.25, 0.3) is 0 Å². The summed E-state index contributed by atoms with van der Waals surface area (Å²) in [5.41, 5.74) is -0.821. The fourth-order valence-corrected chi connectivity index (χ4v) is 2.22. The Morgan fingerprint density at radius 2 is 2.25 bits per heavy atom. The Labute approximate surface area is 115 Å². The SMILES string of the molecule is Cc1coc(Sc2cc(C(=O)O)c([N+](=O)[O-])cc2F)n1. The number of carboxylic acid groups (broad SMARTS) is 1. The van der Waals surface area contributed by atoms with Gasteiger partial charge >= 0.3 is 5.97 Å². The maximum absolute atomic E-state index is 13.8. The van der Waals surface area contributed by atoms with Crippen molar-refractivity contribution >= 4 is 23.4 Å². The van der Waals surface area contributed by atoms with E-state index in [9.17, 15) is 19.3 Å². The molecule has 1 N–H and O–H groups in total. The number of carboxylic acids is 1. The third-order valence-corrected chi connectivity index (χ3v) is 3.17. The average Bonchev–Trinajstić information content (AvgIpc) is 2.76. The molecule has 1 aromatic heterocycles. The predicted molar refractivity (Wildman–Crippen MR) is 65.4 cm³/mol. The second-order valence-electron chi connectivity index (χ2n) is 3.72. The van der Waals surface area contributed by atoms with Crippen LogP contribution in [0.1, 0.15) is 16.1 Å². The van der Waals surface area contributed by atoms with Crippen molar-refractivity contribution < 1.29 is 23.6 Å². The fourth-order valence-electron chi connectivity index (χ4n) is 1.42. The van der Waals surface area contributed by atoms with E-state index in [1.54, 1.807) is 6.92 Å². The highest BCUT2D eigenvalue weighted by Gasteiger charge is 2.24. The summed E-state index contributed by atoms with van der Waals surface area (Å²) < 4.78 is 18.8. The van der Waals surface area contributed by atoms with E-state index < -0.39 is 28.0 Å².